The Morgan fingerprint density at radius 2 is 2.00 bits per heavy atom. The van der Waals surface area contributed by atoms with Gasteiger partial charge in [-0.1, -0.05) is 19.8 Å². The van der Waals surface area contributed by atoms with Crippen molar-refractivity contribution in [1.29, 1.82) is 0 Å². The fraction of sp³-hybridized carbons (Fsp3) is 0.529. The summed E-state index contributed by atoms with van der Waals surface area (Å²) < 4.78 is 10.6. The predicted octanol–water partition coefficient (Wildman–Crippen LogP) is 4.32. The molecule has 1 rings (SSSR count). The minimum atomic E-state index is -0.373. The number of unbranched alkanes of at least 4 members (excludes halogenated alkanes) is 2. The number of carbonyl (C=O) groups is 2. The van der Waals surface area contributed by atoms with Crippen molar-refractivity contribution >= 4 is 17.3 Å². The number of rotatable bonds is 8. The molecule has 0 aromatic carbocycles. The molecule has 0 atom stereocenters. The fourth-order valence-corrected chi connectivity index (χ4v) is 2.15. The van der Waals surface area contributed by atoms with Gasteiger partial charge in [0.25, 0.3) is 0 Å². The van der Waals surface area contributed by atoms with Crippen molar-refractivity contribution in [3.05, 3.63) is 29.2 Å². The first-order chi connectivity index (χ1) is 9.99. The summed E-state index contributed by atoms with van der Waals surface area (Å²) in [6.07, 6.45) is 5.36. The number of aryl methyl sites for hydroxylation is 1. The zero-order valence-corrected chi connectivity index (χ0v) is 13.3. The van der Waals surface area contributed by atoms with E-state index in [1.54, 1.807) is 19.9 Å². The van der Waals surface area contributed by atoms with Crippen molar-refractivity contribution < 1.29 is 18.7 Å². The Kier molecular flexibility index (Phi) is 6.92. The summed E-state index contributed by atoms with van der Waals surface area (Å²) in [6.45, 7) is 7.50. The Hall–Kier alpha value is -1.84. The lowest BCUT2D eigenvalue weighted by molar-refractivity contribution is -0.137. The Morgan fingerprint density at radius 1 is 1.29 bits per heavy atom. The Morgan fingerprint density at radius 3 is 2.52 bits per heavy atom. The summed E-state index contributed by atoms with van der Waals surface area (Å²) in [7, 11) is 0. The third kappa shape index (κ3) is 5.21. The summed E-state index contributed by atoms with van der Waals surface area (Å²) in [5.41, 5.74) is 1.35. The number of hydrogen-bond acceptors (Lipinski definition) is 4. The molecule has 4 heteroatoms. The zero-order valence-electron chi connectivity index (χ0n) is 13.3. The van der Waals surface area contributed by atoms with E-state index in [1.165, 1.54) is 13.0 Å². The highest BCUT2D eigenvalue weighted by atomic mass is 16.5. The van der Waals surface area contributed by atoms with Crippen molar-refractivity contribution in [3.8, 4) is 0 Å². The van der Waals surface area contributed by atoms with Crippen molar-refractivity contribution in [2.75, 3.05) is 6.61 Å². The van der Waals surface area contributed by atoms with Gasteiger partial charge < -0.3 is 9.15 Å². The molecule has 0 aliphatic heterocycles. The highest BCUT2D eigenvalue weighted by Gasteiger charge is 2.15. The molecule has 0 bridgehead atoms. The van der Waals surface area contributed by atoms with E-state index in [-0.39, 0.29) is 11.8 Å². The zero-order chi connectivity index (χ0) is 15.8. The molecule has 1 aromatic rings. The normalized spacial score (nSPS) is 11.5. The first-order valence-electron chi connectivity index (χ1n) is 7.48. The molecule has 0 saturated heterocycles. The number of esters is 1. The molecular weight excluding hydrogens is 268 g/mol. The van der Waals surface area contributed by atoms with E-state index < -0.39 is 0 Å². The van der Waals surface area contributed by atoms with E-state index in [1.807, 2.05) is 0 Å². The molecule has 1 heterocycles. The number of Topliss-reactive ketones (excluding diaryl/α,β-unsaturated/α-hetero) is 1. The molecule has 0 amide bonds. The van der Waals surface area contributed by atoms with E-state index >= 15 is 0 Å². The fourth-order valence-electron chi connectivity index (χ4n) is 2.15. The summed E-state index contributed by atoms with van der Waals surface area (Å²) in [4.78, 5) is 23.2. The number of hydrogen-bond donors (Lipinski definition) is 0. The van der Waals surface area contributed by atoms with Gasteiger partial charge in [-0.25, -0.2) is 4.79 Å². The second kappa shape index (κ2) is 8.45. The highest BCUT2D eigenvalue weighted by molar-refractivity contribution is 5.96. The molecule has 0 N–H and O–H groups in total. The summed E-state index contributed by atoms with van der Waals surface area (Å²) in [6, 6.07) is 1.72. The largest absolute Gasteiger partial charge is 0.463 e. The van der Waals surface area contributed by atoms with E-state index in [2.05, 4.69) is 6.92 Å². The summed E-state index contributed by atoms with van der Waals surface area (Å²) in [5.74, 6) is 0.763. The van der Waals surface area contributed by atoms with E-state index in [0.717, 1.165) is 31.3 Å². The summed E-state index contributed by atoms with van der Waals surface area (Å²) in [5, 5.41) is 0. The first kappa shape index (κ1) is 17.2. The third-order valence-electron chi connectivity index (χ3n) is 3.24. The quantitative estimate of drug-likeness (QED) is 0.310. The van der Waals surface area contributed by atoms with E-state index in [4.69, 9.17) is 9.15 Å². The molecule has 0 spiro atoms. The Labute approximate surface area is 126 Å². The molecule has 1 aromatic heterocycles. The maximum atomic E-state index is 11.7. The van der Waals surface area contributed by atoms with Gasteiger partial charge in [0.2, 0.25) is 0 Å². The molecule has 116 valence electrons. The number of ether oxygens (including phenoxy) is 1. The molecular formula is C17H24O4. The van der Waals surface area contributed by atoms with Gasteiger partial charge in [-0.05, 0) is 39.7 Å². The SMILES string of the molecule is CCCCC/C(=C/C(=O)OCC)c1cc(C(C)=O)c(C)o1. The molecule has 0 unspecified atom stereocenters. The second-order valence-corrected chi connectivity index (χ2v) is 5.02. The van der Waals surface area contributed by atoms with Crippen LogP contribution in [0.3, 0.4) is 0 Å². The second-order valence-electron chi connectivity index (χ2n) is 5.02. The third-order valence-corrected chi connectivity index (χ3v) is 3.24. The number of allylic oxidation sites excluding steroid dienone is 1. The predicted molar refractivity (Wildman–Crippen MR) is 82.2 cm³/mol. The van der Waals surface area contributed by atoms with Gasteiger partial charge in [-0.3, -0.25) is 4.79 Å². The van der Waals surface area contributed by atoms with Gasteiger partial charge in [-0.15, -0.1) is 0 Å². The van der Waals surface area contributed by atoms with Crippen LogP contribution < -0.4 is 0 Å². The summed E-state index contributed by atoms with van der Waals surface area (Å²) >= 11 is 0. The number of furan rings is 1. The van der Waals surface area contributed by atoms with Crippen LogP contribution in [0.25, 0.3) is 5.57 Å². The average molecular weight is 292 g/mol. The minimum Gasteiger partial charge on any atom is -0.463 e. The maximum Gasteiger partial charge on any atom is 0.331 e. The average Bonchev–Trinajstić information content (AvgIpc) is 2.80. The van der Waals surface area contributed by atoms with Crippen LogP contribution in [0, 0.1) is 6.92 Å². The van der Waals surface area contributed by atoms with Crippen molar-refractivity contribution in [3.63, 3.8) is 0 Å². The van der Waals surface area contributed by atoms with Gasteiger partial charge in [0.05, 0.1) is 12.2 Å². The van der Waals surface area contributed by atoms with Crippen LogP contribution in [0.5, 0.6) is 0 Å². The van der Waals surface area contributed by atoms with Crippen LogP contribution in [0.2, 0.25) is 0 Å². The highest BCUT2D eigenvalue weighted by Crippen LogP contribution is 2.26. The molecule has 21 heavy (non-hydrogen) atoms. The molecule has 0 aliphatic carbocycles. The standard InChI is InChI=1S/C17H24O4/c1-5-7-8-9-14(10-17(19)20-6-2)16-11-15(12(3)18)13(4)21-16/h10-11H,5-9H2,1-4H3/b14-10-. The molecule has 0 saturated carbocycles. The van der Waals surface area contributed by atoms with Gasteiger partial charge in [-0.2, -0.15) is 0 Å². The lowest BCUT2D eigenvalue weighted by Gasteiger charge is -2.04. The van der Waals surface area contributed by atoms with Gasteiger partial charge >= 0.3 is 5.97 Å². The molecule has 0 radical (unpaired) electrons. The molecule has 0 fully saturated rings. The smallest absolute Gasteiger partial charge is 0.331 e. The van der Waals surface area contributed by atoms with Crippen molar-refractivity contribution in [1.82, 2.24) is 0 Å². The minimum absolute atomic E-state index is 0.0356. The van der Waals surface area contributed by atoms with Crippen LogP contribution >= 0.6 is 0 Å². The molecule has 0 aliphatic rings. The lowest BCUT2D eigenvalue weighted by Crippen LogP contribution is -2.01. The number of ketones is 1. The first-order valence-corrected chi connectivity index (χ1v) is 7.48. The van der Waals surface area contributed by atoms with Crippen LogP contribution in [0.15, 0.2) is 16.6 Å². The van der Waals surface area contributed by atoms with Crippen LogP contribution in [-0.2, 0) is 9.53 Å². The molecule has 4 nitrogen and oxygen atoms in total. The van der Waals surface area contributed by atoms with Crippen LogP contribution in [0.1, 0.15) is 68.3 Å². The van der Waals surface area contributed by atoms with Gasteiger partial charge in [0.1, 0.15) is 11.5 Å². The van der Waals surface area contributed by atoms with E-state index in [0.29, 0.717) is 23.7 Å². The lowest BCUT2D eigenvalue weighted by atomic mass is 10.0. The Balaban J connectivity index is 3.02. The van der Waals surface area contributed by atoms with Gasteiger partial charge in [0.15, 0.2) is 5.78 Å². The topological polar surface area (TPSA) is 56.5 Å². The maximum absolute atomic E-state index is 11.7. The van der Waals surface area contributed by atoms with Crippen LogP contribution in [0.4, 0.5) is 0 Å². The number of carbonyl (C=O) groups excluding carboxylic acids is 2. The Bertz CT molecular complexity index is 523. The van der Waals surface area contributed by atoms with E-state index in [9.17, 15) is 9.59 Å². The monoisotopic (exact) mass is 292 g/mol. The van der Waals surface area contributed by atoms with Crippen molar-refractivity contribution in [2.45, 2.75) is 53.4 Å². The van der Waals surface area contributed by atoms with Crippen molar-refractivity contribution in [2.24, 2.45) is 0 Å². The van der Waals surface area contributed by atoms with Gasteiger partial charge in [0, 0.05) is 11.6 Å². The van der Waals surface area contributed by atoms with Crippen LogP contribution in [-0.4, -0.2) is 18.4 Å².